The van der Waals surface area contributed by atoms with Crippen LogP contribution in [0.15, 0.2) is 0 Å². The van der Waals surface area contributed by atoms with E-state index in [-0.39, 0.29) is 12.2 Å². The second kappa shape index (κ2) is 3.35. The zero-order chi connectivity index (χ0) is 8.55. The van der Waals surface area contributed by atoms with Crippen LogP contribution in [-0.2, 0) is 0 Å². The minimum atomic E-state index is -0.126. The average molecular weight is 170 g/mol. The van der Waals surface area contributed by atoms with E-state index in [9.17, 15) is 10.2 Å². The van der Waals surface area contributed by atoms with Gasteiger partial charge >= 0.3 is 0 Å². The van der Waals surface area contributed by atoms with Crippen LogP contribution in [0.4, 0.5) is 0 Å². The zero-order valence-corrected chi connectivity index (χ0v) is 7.45. The van der Waals surface area contributed by atoms with Crippen LogP contribution in [0.25, 0.3) is 0 Å². The highest BCUT2D eigenvalue weighted by atomic mass is 16.3. The van der Waals surface area contributed by atoms with E-state index in [1.54, 1.807) is 0 Å². The number of aliphatic hydroxyl groups is 2. The molecule has 0 radical (unpaired) electrons. The Morgan fingerprint density at radius 2 is 1.08 bits per heavy atom. The number of aliphatic hydroxyl groups excluding tert-OH is 2. The lowest BCUT2D eigenvalue weighted by Gasteiger charge is -2.41. The normalized spacial score (nSPS) is 48.5. The summed E-state index contributed by atoms with van der Waals surface area (Å²) in [5.74, 6) is 0.810. The first-order valence-electron chi connectivity index (χ1n) is 5.15. The van der Waals surface area contributed by atoms with Crippen LogP contribution in [0.3, 0.4) is 0 Å². The maximum atomic E-state index is 9.71. The summed E-state index contributed by atoms with van der Waals surface area (Å²) in [6.45, 7) is 0. The summed E-state index contributed by atoms with van der Waals surface area (Å²) in [7, 11) is 0. The summed E-state index contributed by atoms with van der Waals surface area (Å²) in [6.07, 6.45) is 6.10. The predicted molar refractivity (Wildman–Crippen MR) is 46.7 cm³/mol. The highest BCUT2D eigenvalue weighted by molar-refractivity contribution is 4.89. The molecule has 2 saturated carbocycles. The lowest BCUT2D eigenvalue weighted by molar-refractivity contribution is -0.0529. The van der Waals surface area contributed by atoms with Crippen LogP contribution in [0.1, 0.15) is 38.5 Å². The largest absolute Gasteiger partial charge is 0.393 e. The third-order valence-corrected chi connectivity index (χ3v) is 3.61. The molecule has 0 spiro atoms. The maximum Gasteiger partial charge on any atom is 0.0572 e. The number of fused-ring (bicyclic) bond motifs is 1. The molecular weight excluding hydrogens is 152 g/mol. The lowest BCUT2D eigenvalue weighted by atomic mass is 9.68. The molecule has 0 aromatic carbocycles. The Morgan fingerprint density at radius 1 is 0.667 bits per heavy atom. The van der Waals surface area contributed by atoms with Crippen LogP contribution >= 0.6 is 0 Å². The Labute approximate surface area is 73.6 Å². The average Bonchev–Trinajstić information content (AvgIpc) is 2.07. The lowest BCUT2D eigenvalue weighted by Crippen LogP contribution is -2.41. The van der Waals surface area contributed by atoms with Gasteiger partial charge in [-0.05, 0) is 37.5 Å². The fourth-order valence-electron chi connectivity index (χ4n) is 2.94. The van der Waals surface area contributed by atoms with E-state index in [1.165, 1.54) is 0 Å². The highest BCUT2D eigenvalue weighted by Gasteiger charge is 2.38. The van der Waals surface area contributed by atoms with Gasteiger partial charge in [-0.3, -0.25) is 0 Å². The van der Waals surface area contributed by atoms with Crippen molar-refractivity contribution in [2.24, 2.45) is 11.8 Å². The molecule has 2 aliphatic rings. The topological polar surface area (TPSA) is 40.5 Å². The van der Waals surface area contributed by atoms with Crippen LogP contribution < -0.4 is 0 Å². The second-order valence-corrected chi connectivity index (χ2v) is 4.32. The Hall–Kier alpha value is -0.0800. The molecule has 0 unspecified atom stereocenters. The summed E-state index contributed by atoms with van der Waals surface area (Å²) in [5.41, 5.74) is 0. The maximum absolute atomic E-state index is 9.71. The minimum absolute atomic E-state index is 0.126. The van der Waals surface area contributed by atoms with Crippen molar-refractivity contribution in [2.45, 2.75) is 50.7 Å². The summed E-state index contributed by atoms with van der Waals surface area (Å²) >= 11 is 0. The first kappa shape index (κ1) is 8.52. The summed E-state index contributed by atoms with van der Waals surface area (Å²) in [4.78, 5) is 0. The van der Waals surface area contributed by atoms with Crippen LogP contribution in [-0.4, -0.2) is 22.4 Å². The molecule has 2 nitrogen and oxygen atoms in total. The first-order valence-corrected chi connectivity index (χ1v) is 5.15. The molecule has 70 valence electrons. The number of hydrogen-bond acceptors (Lipinski definition) is 2. The van der Waals surface area contributed by atoms with Crippen LogP contribution in [0.5, 0.6) is 0 Å². The van der Waals surface area contributed by atoms with Gasteiger partial charge < -0.3 is 10.2 Å². The Kier molecular flexibility index (Phi) is 2.37. The molecule has 0 saturated heterocycles. The molecule has 0 amide bonds. The molecule has 0 aromatic rings. The van der Waals surface area contributed by atoms with Crippen molar-refractivity contribution in [3.63, 3.8) is 0 Å². The number of rotatable bonds is 0. The van der Waals surface area contributed by atoms with Gasteiger partial charge in [-0.1, -0.05) is 12.8 Å². The van der Waals surface area contributed by atoms with Crippen molar-refractivity contribution in [1.82, 2.24) is 0 Å². The van der Waals surface area contributed by atoms with Crippen LogP contribution in [0.2, 0.25) is 0 Å². The van der Waals surface area contributed by atoms with Gasteiger partial charge in [-0.15, -0.1) is 0 Å². The van der Waals surface area contributed by atoms with Crippen molar-refractivity contribution < 1.29 is 10.2 Å². The van der Waals surface area contributed by atoms with Gasteiger partial charge in [0.05, 0.1) is 12.2 Å². The molecule has 12 heavy (non-hydrogen) atoms. The van der Waals surface area contributed by atoms with Crippen molar-refractivity contribution in [3.05, 3.63) is 0 Å². The predicted octanol–water partition coefficient (Wildman–Crippen LogP) is 1.31. The molecule has 0 heterocycles. The van der Waals surface area contributed by atoms with E-state index < -0.39 is 0 Å². The van der Waals surface area contributed by atoms with Crippen LogP contribution in [0, 0.1) is 11.8 Å². The minimum Gasteiger partial charge on any atom is -0.393 e. The molecule has 0 aliphatic heterocycles. The smallest absolute Gasteiger partial charge is 0.0572 e. The third-order valence-electron chi connectivity index (χ3n) is 3.61. The van der Waals surface area contributed by atoms with E-state index in [4.69, 9.17) is 0 Å². The summed E-state index contributed by atoms with van der Waals surface area (Å²) < 4.78 is 0. The molecular formula is C10H18O2. The van der Waals surface area contributed by atoms with Crippen molar-refractivity contribution in [3.8, 4) is 0 Å². The van der Waals surface area contributed by atoms with Crippen molar-refractivity contribution in [1.29, 1.82) is 0 Å². The van der Waals surface area contributed by atoms with E-state index in [0.717, 1.165) is 38.5 Å². The van der Waals surface area contributed by atoms with E-state index in [2.05, 4.69) is 0 Å². The molecule has 2 rings (SSSR count). The Morgan fingerprint density at radius 3 is 1.50 bits per heavy atom. The monoisotopic (exact) mass is 170 g/mol. The van der Waals surface area contributed by atoms with Gasteiger partial charge in [0.1, 0.15) is 0 Å². The highest BCUT2D eigenvalue weighted by Crippen LogP contribution is 2.40. The molecule has 0 aromatic heterocycles. The van der Waals surface area contributed by atoms with Gasteiger partial charge in [0, 0.05) is 0 Å². The van der Waals surface area contributed by atoms with Gasteiger partial charge in [0.15, 0.2) is 0 Å². The molecule has 4 atom stereocenters. The third kappa shape index (κ3) is 1.38. The molecule has 2 fully saturated rings. The SMILES string of the molecule is O[C@@H]1CCC[C@H]2[C@H]1CCC[C@@H]2O. The second-order valence-electron chi connectivity index (χ2n) is 4.32. The molecule has 2 aliphatic carbocycles. The molecule has 0 bridgehead atoms. The standard InChI is InChI=1S/C10H18O2/c11-9-5-1-3-7-8(9)4-2-6-10(7)12/h7-12H,1-6H2/t7-,8+,9+,10-. The van der Waals surface area contributed by atoms with Crippen molar-refractivity contribution in [2.75, 3.05) is 0 Å². The molecule has 2 N–H and O–H groups in total. The number of hydrogen-bond donors (Lipinski definition) is 2. The van der Waals surface area contributed by atoms with E-state index in [0.29, 0.717) is 11.8 Å². The zero-order valence-electron chi connectivity index (χ0n) is 7.45. The summed E-state index contributed by atoms with van der Waals surface area (Å²) in [5, 5.41) is 19.4. The summed E-state index contributed by atoms with van der Waals surface area (Å²) in [6, 6.07) is 0. The van der Waals surface area contributed by atoms with Gasteiger partial charge in [0.25, 0.3) is 0 Å². The fraction of sp³-hybridized carbons (Fsp3) is 1.00. The van der Waals surface area contributed by atoms with E-state index >= 15 is 0 Å². The van der Waals surface area contributed by atoms with E-state index in [1.807, 2.05) is 0 Å². The van der Waals surface area contributed by atoms with Gasteiger partial charge in [-0.25, -0.2) is 0 Å². The first-order chi connectivity index (χ1) is 5.79. The van der Waals surface area contributed by atoms with Crippen molar-refractivity contribution >= 4 is 0 Å². The quantitative estimate of drug-likeness (QED) is 0.575. The van der Waals surface area contributed by atoms with Gasteiger partial charge in [0.2, 0.25) is 0 Å². The Balaban J connectivity index is 2.05. The van der Waals surface area contributed by atoms with Gasteiger partial charge in [-0.2, -0.15) is 0 Å². The Bertz CT molecular complexity index is 140. The fourth-order valence-corrected chi connectivity index (χ4v) is 2.94. The molecule has 2 heteroatoms.